The van der Waals surface area contributed by atoms with Crippen molar-refractivity contribution in [3.8, 4) is 0 Å². The molecule has 1 saturated heterocycles. The van der Waals surface area contributed by atoms with E-state index in [9.17, 15) is 0 Å². The molecule has 2 atom stereocenters. The Morgan fingerprint density at radius 1 is 1.79 bits per heavy atom. The molecule has 1 aliphatic heterocycles. The number of aromatic nitrogens is 2. The van der Waals surface area contributed by atoms with E-state index < -0.39 is 0 Å². The van der Waals surface area contributed by atoms with Gasteiger partial charge in [-0.2, -0.15) is 5.10 Å². The van der Waals surface area contributed by atoms with Crippen LogP contribution in [0.5, 0.6) is 0 Å². The van der Waals surface area contributed by atoms with Crippen molar-refractivity contribution in [2.24, 2.45) is 5.92 Å². The third kappa shape index (κ3) is 2.33. The number of H-pyrrole nitrogens is 1. The van der Waals surface area contributed by atoms with Gasteiger partial charge in [-0.05, 0) is 25.3 Å². The highest BCUT2D eigenvalue weighted by Gasteiger charge is 2.21. The summed E-state index contributed by atoms with van der Waals surface area (Å²) in [7, 11) is 0. The minimum Gasteiger partial charge on any atom is -0.381 e. The van der Waals surface area contributed by atoms with Crippen LogP contribution in [0.25, 0.3) is 0 Å². The summed E-state index contributed by atoms with van der Waals surface area (Å²) < 4.78 is 5.36. The Bertz CT molecular complexity index is 254. The molecule has 4 nitrogen and oxygen atoms in total. The molecule has 78 valence electrons. The molecule has 1 aromatic rings. The maximum atomic E-state index is 5.36. The molecular weight excluding hydrogens is 178 g/mol. The zero-order valence-electron chi connectivity index (χ0n) is 8.49. The highest BCUT2D eigenvalue weighted by molar-refractivity contribution is 4.97. The fourth-order valence-corrected chi connectivity index (χ4v) is 1.77. The number of rotatable bonds is 4. The zero-order valence-corrected chi connectivity index (χ0v) is 8.49. The lowest BCUT2D eigenvalue weighted by Crippen LogP contribution is -2.33. The van der Waals surface area contributed by atoms with Crippen molar-refractivity contribution in [1.29, 1.82) is 0 Å². The molecule has 0 radical (unpaired) electrons. The summed E-state index contributed by atoms with van der Waals surface area (Å²) in [4.78, 5) is 0. The van der Waals surface area contributed by atoms with Gasteiger partial charge in [0.15, 0.2) is 0 Å². The maximum Gasteiger partial charge on any atom is 0.0509 e. The van der Waals surface area contributed by atoms with Crippen molar-refractivity contribution in [3.63, 3.8) is 0 Å². The van der Waals surface area contributed by atoms with Gasteiger partial charge in [0.2, 0.25) is 0 Å². The average molecular weight is 195 g/mol. The molecule has 2 heterocycles. The monoisotopic (exact) mass is 195 g/mol. The van der Waals surface area contributed by atoms with Crippen LogP contribution in [0, 0.1) is 5.92 Å². The van der Waals surface area contributed by atoms with Crippen molar-refractivity contribution >= 4 is 0 Å². The van der Waals surface area contributed by atoms with Gasteiger partial charge in [-0.3, -0.25) is 5.10 Å². The number of hydrogen-bond acceptors (Lipinski definition) is 3. The molecule has 0 saturated carbocycles. The van der Waals surface area contributed by atoms with E-state index >= 15 is 0 Å². The highest BCUT2D eigenvalue weighted by atomic mass is 16.5. The van der Waals surface area contributed by atoms with Gasteiger partial charge < -0.3 is 10.1 Å². The molecule has 0 amide bonds. The Labute approximate surface area is 84.0 Å². The molecule has 0 bridgehead atoms. The summed E-state index contributed by atoms with van der Waals surface area (Å²) in [6.07, 6.45) is 2.96. The van der Waals surface area contributed by atoms with E-state index in [1.54, 1.807) is 6.20 Å². The van der Waals surface area contributed by atoms with Crippen LogP contribution in [0.1, 0.15) is 19.0 Å². The second kappa shape index (κ2) is 4.57. The first-order valence-corrected chi connectivity index (χ1v) is 5.15. The van der Waals surface area contributed by atoms with Crippen molar-refractivity contribution in [3.05, 3.63) is 18.0 Å². The summed E-state index contributed by atoms with van der Waals surface area (Å²) in [5, 5.41) is 10.3. The molecule has 1 fully saturated rings. The molecule has 1 aromatic heterocycles. The van der Waals surface area contributed by atoms with Gasteiger partial charge in [0, 0.05) is 31.1 Å². The number of ether oxygens (including phenoxy) is 1. The minimum absolute atomic E-state index is 0.515. The molecular formula is C10H17N3O. The lowest BCUT2D eigenvalue weighted by atomic mass is 10.0. The Balaban J connectivity index is 1.74. The Morgan fingerprint density at radius 2 is 2.71 bits per heavy atom. The van der Waals surface area contributed by atoms with E-state index in [0.717, 1.165) is 25.5 Å². The van der Waals surface area contributed by atoms with Crippen LogP contribution >= 0.6 is 0 Å². The van der Waals surface area contributed by atoms with Crippen LogP contribution < -0.4 is 5.32 Å². The average Bonchev–Trinajstić information content (AvgIpc) is 2.87. The third-order valence-corrected chi connectivity index (χ3v) is 2.84. The normalized spacial score (nSPS) is 23.9. The molecule has 2 rings (SSSR count). The van der Waals surface area contributed by atoms with E-state index in [1.165, 1.54) is 6.42 Å². The first kappa shape index (κ1) is 9.68. The molecule has 0 aliphatic carbocycles. The fraction of sp³-hybridized carbons (Fsp3) is 0.700. The van der Waals surface area contributed by atoms with Crippen LogP contribution in [0.4, 0.5) is 0 Å². The standard InChI is InChI=1S/C10H17N3O/c1-8(9-3-5-14-7-9)11-6-10-2-4-12-13-10/h2,4,8-9,11H,3,5-7H2,1H3,(H,12,13). The SMILES string of the molecule is CC(NCc1ccn[nH]1)C1CCOC1. The largest absolute Gasteiger partial charge is 0.381 e. The number of hydrogen-bond donors (Lipinski definition) is 2. The second-order valence-electron chi connectivity index (χ2n) is 3.88. The number of nitrogens with one attached hydrogen (secondary N) is 2. The predicted octanol–water partition coefficient (Wildman–Crippen LogP) is 0.924. The molecule has 2 unspecified atom stereocenters. The van der Waals surface area contributed by atoms with E-state index in [1.807, 2.05) is 6.07 Å². The van der Waals surface area contributed by atoms with Crippen molar-refractivity contribution in [1.82, 2.24) is 15.5 Å². The summed E-state index contributed by atoms with van der Waals surface area (Å²) in [6.45, 7) is 4.89. The number of nitrogens with zero attached hydrogens (tertiary/aromatic N) is 1. The van der Waals surface area contributed by atoms with Gasteiger partial charge in [-0.25, -0.2) is 0 Å². The molecule has 2 N–H and O–H groups in total. The molecule has 0 aromatic carbocycles. The van der Waals surface area contributed by atoms with Gasteiger partial charge >= 0.3 is 0 Å². The van der Waals surface area contributed by atoms with E-state index in [4.69, 9.17) is 4.74 Å². The number of aromatic amines is 1. The fourth-order valence-electron chi connectivity index (χ4n) is 1.77. The third-order valence-electron chi connectivity index (χ3n) is 2.84. The van der Waals surface area contributed by atoms with E-state index in [0.29, 0.717) is 12.0 Å². The lowest BCUT2D eigenvalue weighted by Gasteiger charge is -2.18. The predicted molar refractivity (Wildman–Crippen MR) is 53.8 cm³/mol. The van der Waals surface area contributed by atoms with Gasteiger partial charge in [0.1, 0.15) is 0 Å². The molecule has 1 aliphatic rings. The summed E-state index contributed by atoms with van der Waals surface area (Å²) in [5.41, 5.74) is 1.13. The van der Waals surface area contributed by atoms with Crippen molar-refractivity contribution in [2.75, 3.05) is 13.2 Å². The van der Waals surface area contributed by atoms with Crippen LogP contribution in [-0.2, 0) is 11.3 Å². The minimum atomic E-state index is 0.515. The highest BCUT2D eigenvalue weighted by Crippen LogP contribution is 2.16. The Morgan fingerprint density at radius 3 is 3.36 bits per heavy atom. The van der Waals surface area contributed by atoms with Gasteiger partial charge in [0.05, 0.1) is 6.61 Å². The van der Waals surface area contributed by atoms with Crippen LogP contribution in [0.3, 0.4) is 0 Å². The topological polar surface area (TPSA) is 49.9 Å². The lowest BCUT2D eigenvalue weighted by molar-refractivity contribution is 0.178. The maximum absolute atomic E-state index is 5.36. The molecule has 0 spiro atoms. The Kier molecular flexibility index (Phi) is 3.16. The van der Waals surface area contributed by atoms with Crippen molar-refractivity contribution in [2.45, 2.75) is 25.9 Å². The van der Waals surface area contributed by atoms with Crippen molar-refractivity contribution < 1.29 is 4.74 Å². The summed E-state index contributed by atoms with van der Waals surface area (Å²) in [6, 6.07) is 2.51. The Hall–Kier alpha value is -0.870. The van der Waals surface area contributed by atoms with E-state index in [-0.39, 0.29) is 0 Å². The second-order valence-corrected chi connectivity index (χ2v) is 3.88. The molecule has 14 heavy (non-hydrogen) atoms. The zero-order chi connectivity index (χ0) is 9.80. The first-order chi connectivity index (χ1) is 6.86. The summed E-state index contributed by atoms with van der Waals surface area (Å²) >= 11 is 0. The molecule has 4 heteroatoms. The van der Waals surface area contributed by atoms with Gasteiger partial charge in [0.25, 0.3) is 0 Å². The van der Waals surface area contributed by atoms with E-state index in [2.05, 4.69) is 22.4 Å². The van der Waals surface area contributed by atoms with Crippen LogP contribution in [0.2, 0.25) is 0 Å². The van der Waals surface area contributed by atoms with Crippen LogP contribution in [-0.4, -0.2) is 29.5 Å². The quantitative estimate of drug-likeness (QED) is 0.751. The summed E-state index contributed by atoms with van der Waals surface area (Å²) in [5.74, 6) is 0.665. The first-order valence-electron chi connectivity index (χ1n) is 5.15. The smallest absolute Gasteiger partial charge is 0.0509 e. The van der Waals surface area contributed by atoms with Gasteiger partial charge in [-0.15, -0.1) is 0 Å². The van der Waals surface area contributed by atoms with Crippen LogP contribution in [0.15, 0.2) is 12.3 Å². The van der Waals surface area contributed by atoms with Gasteiger partial charge in [-0.1, -0.05) is 0 Å².